The summed E-state index contributed by atoms with van der Waals surface area (Å²) >= 11 is 0. The van der Waals surface area contributed by atoms with Crippen LogP contribution < -0.4 is 10.1 Å². The smallest absolute Gasteiger partial charge is 0.237 e. The highest BCUT2D eigenvalue weighted by Crippen LogP contribution is 2.28. The number of nitrogens with zero attached hydrogens (tertiary/aromatic N) is 3. The van der Waals surface area contributed by atoms with Crippen molar-refractivity contribution in [2.24, 2.45) is 0 Å². The molecule has 2 atom stereocenters. The van der Waals surface area contributed by atoms with Crippen LogP contribution in [0.25, 0.3) is 0 Å². The number of carbonyl (C=O) groups is 1. The van der Waals surface area contributed by atoms with Crippen molar-refractivity contribution >= 4 is 5.91 Å². The van der Waals surface area contributed by atoms with Gasteiger partial charge >= 0.3 is 0 Å². The Bertz CT molecular complexity index is 747. The molecule has 1 aromatic carbocycles. The molecule has 1 amide bonds. The van der Waals surface area contributed by atoms with Crippen LogP contribution in [0.2, 0.25) is 0 Å². The zero-order chi connectivity index (χ0) is 19.9. The average Bonchev–Trinajstić information content (AvgIpc) is 3.43. The van der Waals surface area contributed by atoms with Crippen LogP contribution in [-0.2, 0) is 16.1 Å². The molecular weight excluding hydrogens is 368 g/mol. The lowest BCUT2D eigenvalue weighted by molar-refractivity contribution is -0.126. The Kier molecular flexibility index (Phi) is 6.79. The molecule has 0 spiro atoms. The molecule has 7 heteroatoms. The van der Waals surface area contributed by atoms with Gasteiger partial charge in [-0.1, -0.05) is 18.2 Å². The summed E-state index contributed by atoms with van der Waals surface area (Å²) < 4.78 is 13.6. The SMILES string of the molecule is O=C(NCCCn1cccn1)[C@@H]1C[C@H](Oc2ccccc2)CN1C1CCOCC1. The minimum absolute atomic E-state index is 0.0278. The number of hydrogen-bond donors (Lipinski definition) is 1. The minimum Gasteiger partial charge on any atom is -0.489 e. The molecule has 0 aliphatic carbocycles. The highest BCUT2D eigenvalue weighted by atomic mass is 16.5. The molecule has 2 aliphatic heterocycles. The highest BCUT2D eigenvalue weighted by molar-refractivity contribution is 5.82. The Hall–Kier alpha value is -2.38. The summed E-state index contributed by atoms with van der Waals surface area (Å²) in [6, 6.07) is 12.0. The van der Waals surface area contributed by atoms with Gasteiger partial charge in [0.15, 0.2) is 0 Å². The molecule has 0 saturated carbocycles. The Labute approximate surface area is 172 Å². The second-order valence-corrected chi connectivity index (χ2v) is 7.76. The molecule has 0 radical (unpaired) electrons. The Morgan fingerprint density at radius 1 is 1.21 bits per heavy atom. The summed E-state index contributed by atoms with van der Waals surface area (Å²) in [7, 11) is 0. The largest absolute Gasteiger partial charge is 0.489 e. The number of ether oxygens (including phenoxy) is 2. The average molecular weight is 399 g/mol. The van der Waals surface area contributed by atoms with E-state index in [1.54, 1.807) is 6.20 Å². The van der Waals surface area contributed by atoms with Gasteiger partial charge in [0.25, 0.3) is 0 Å². The van der Waals surface area contributed by atoms with Gasteiger partial charge in [-0.25, -0.2) is 0 Å². The molecule has 156 valence electrons. The van der Waals surface area contributed by atoms with Crippen molar-refractivity contribution in [3.63, 3.8) is 0 Å². The van der Waals surface area contributed by atoms with Crippen LogP contribution >= 0.6 is 0 Å². The molecule has 2 aliphatic rings. The quantitative estimate of drug-likeness (QED) is 0.690. The third kappa shape index (κ3) is 5.36. The van der Waals surface area contributed by atoms with Gasteiger partial charge in [-0.05, 0) is 37.5 Å². The molecule has 1 aromatic heterocycles. The molecule has 1 N–H and O–H groups in total. The highest BCUT2D eigenvalue weighted by Gasteiger charge is 2.41. The molecular formula is C22H30N4O3. The minimum atomic E-state index is -0.142. The van der Waals surface area contributed by atoms with Gasteiger partial charge in [-0.2, -0.15) is 5.10 Å². The second kappa shape index (κ2) is 9.89. The number of aromatic nitrogens is 2. The van der Waals surface area contributed by atoms with Gasteiger partial charge in [0, 0.05) is 57.7 Å². The topological polar surface area (TPSA) is 68.6 Å². The Morgan fingerprint density at radius 3 is 2.79 bits per heavy atom. The Balaban J connectivity index is 1.34. The molecule has 0 bridgehead atoms. The van der Waals surface area contributed by atoms with E-state index >= 15 is 0 Å². The van der Waals surface area contributed by atoms with E-state index in [0.717, 1.165) is 57.7 Å². The summed E-state index contributed by atoms with van der Waals surface area (Å²) in [6.07, 6.45) is 7.27. The molecule has 2 fully saturated rings. The number of nitrogens with one attached hydrogen (secondary N) is 1. The van der Waals surface area contributed by atoms with Crippen LogP contribution in [-0.4, -0.2) is 65.1 Å². The maximum Gasteiger partial charge on any atom is 0.237 e. The van der Waals surface area contributed by atoms with E-state index in [1.807, 2.05) is 47.3 Å². The monoisotopic (exact) mass is 398 g/mol. The number of rotatable bonds is 8. The summed E-state index contributed by atoms with van der Waals surface area (Å²) in [5, 5.41) is 7.33. The molecule has 29 heavy (non-hydrogen) atoms. The number of carbonyl (C=O) groups excluding carboxylic acids is 1. The third-order valence-corrected chi connectivity index (χ3v) is 5.73. The van der Waals surface area contributed by atoms with E-state index in [0.29, 0.717) is 12.6 Å². The molecule has 0 unspecified atom stereocenters. The maximum atomic E-state index is 13.0. The van der Waals surface area contributed by atoms with E-state index < -0.39 is 0 Å². The zero-order valence-electron chi connectivity index (χ0n) is 16.8. The summed E-state index contributed by atoms with van der Waals surface area (Å²) in [6.45, 7) is 3.78. The van der Waals surface area contributed by atoms with Crippen LogP contribution in [0.15, 0.2) is 48.8 Å². The van der Waals surface area contributed by atoms with Crippen molar-refractivity contribution in [3.8, 4) is 5.75 Å². The third-order valence-electron chi connectivity index (χ3n) is 5.73. The molecule has 2 saturated heterocycles. The van der Waals surface area contributed by atoms with Gasteiger partial charge in [0.1, 0.15) is 11.9 Å². The van der Waals surface area contributed by atoms with Crippen molar-refractivity contribution in [2.45, 2.75) is 50.4 Å². The van der Waals surface area contributed by atoms with Crippen molar-refractivity contribution in [1.29, 1.82) is 0 Å². The van der Waals surface area contributed by atoms with Gasteiger partial charge < -0.3 is 14.8 Å². The lowest BCUT2D eigenvalue weighted by atomic mass is 10.1. The van der Waals surface area contributed by atoms with Gasteiger partial charge in [-0.15, -0.1) is 0 Å². The number of amides is 1. The van der Waals surface area contributed by atoms with Gasteiger partial charge in [0.05, 0.1) is 6.04 Å². The molecule has 4 rings (SSSR count). The number of aryl methyl sites for hydroxylation is 1. The maximum absolute atomic E-state index is 13.0. The van der Waals surface area contributed by atoms with E-state index in [4.69, 9.17) is 9.47 Å². The van der Waals surface area contributed by atoms with E-state index in [2.05, 4.69) is 15.3 Å². The van der Waals surface area contributed by atoms with E-state index in [1.165, 1.54) is 0 Å². The van der Waals surface area contributed by atoms with Crippen molar-refractivity contribution in [1.82, 2.24) is 20.0 Å². The first-order valence-corrected chi connectivity index (χ1v) is 10.6. The van der Waals surface area contributed by atoms with E-state index in [9.17, 15) is 4.79 Å². The molecule has 3 heterocycles. The fourth-order valence-electron chi connectivity index (χ4n) is 4.28. The van der Waals surface area contributed by atoms with Crippen LogP contribution in [0.5, 0.6) is 5.75 Å². The predicted molar refractivity (Wildman–Crippen MR) is 110 cm³/mol. The first kappa shape index (κ1) is 19.9. The van der Waals surface area contributed by atoms with Crippen molar-refractivity contribution in [2.75, 3.05) is 26.3 Å². The zero-order valence-corrected chi connectivity index (χ0v) is 16.8. The standard InChI is InChI=1S/C22H30N4O3/c27-22(23-10-4-12-25-13-5-11-24-25)21-16-20(29-19-6-2-1-3-7-19)17-26(21)18-8-14-28-15-9-18/h1-3,5-7,11,13,18,20-21H,4,8-10,12,14-17H2,(H,23,27)/t20-,21-/m0/s1. The second-order valence-electron chi connectivity index (χ2n) is 7.76. The predicted octanol–water partition coefficient (Wildman–Crippen LogP) is 2.09. The summed E-state index contributed by atoms with van der Waals surface area (Å²) in [5.74, 6) is 0.973. The van der Waals surface area contributed by atoms with Crippen LogP contribution in [0.4, 0.5) is 0 Å². The normalized spacial score (nSPS) is 23.2. The molecule has 7 nitrogen and oxygen atoms in total. The molecule has 2 aromatic rings. The number of likely N-dealkylation sites (tertiary alicyclic amines) is 1. The number of hydrogen-bond acceptors (Lipinski definition) is 5. The first-order valence-electron chi connectivity index (χ1n) is 10.6. The number of benzene rings is 1. The summed E-state index contributed by atoms with van der Waals surface area (Å²) in [4.78, 5) is 15.3. The fraction of sp³-hybridized carbons (Fsp3) is 0.545. The lowest BCUT2D eigenvalue weighted by Gasteiger charge is -2.34. The van der Waals surface area contributed by atoms with Gasteiger partial charge in [-0.3, -0.25) is 14.4 Å². The summed E-state index contributed by atoms with van der Waals surface area (Å²) in [5.41, 5.74) is 0. The number of para-hydroxylation sites is 1. The fourth-order valence-corrected chi connectivity index (χ4v) is 4.28. The van der Waals surface area contributed by atoms with Crippen LogP contribution in [0, 0.1) is 0 Å². The lowest BCUT2D eigenvalue weighted by Crippen LogP contribution is -2.49. The van der Waals surface area contributed by atoms with Crippen molar-refractivity contribution in [3.05, 3.63) is 48.8 Å². The van der Waals surface area contributed by atoms with Crippen molar-refractivity contribution < 1.29 is 14.3 Å². The first-order chi connectivity index (χ1) is 14.3. The van der Waals surface area contributed by atoms with Gasteiger partial charge in [0.2, 0.25) is 5.91 Å². The van der Waals surface area contributed by atoms with Crippen LogP contribution in [0.1, 0.15) is 25.7 Å². The van der Waals surface area contributed by atoms with Crippen LogP contribution in [0.3, 0.4) is 0 Å². The Morgan fingerprint density at radius 2 is 2.03 bits per heavy atom. The van der Waals surface area contributed by atoms with E-state index in [-0.39, 0.29) is 18.1 Å².